The van der Waals surface area contributed by atoms with Crippen LogP contribution in [0.4, 0.5) is 11.5 Å². The van der Waals surface area contributed by atoms with Crippen LogP contribution in [0.1, 0.15) is 12.5 Å². The molecule has 0 atom stereocenters. The third kappa shape index (κ3) is 5.98. The first-order valence-electron chi connectivity index (χ1n) is 9.63. The number of nitrogens with one attached hydrogen (secondary N) is 1. The molecule has 2 heterocycles. The molecule has 0 spiro atoms. The fourth-order valence-electron chi connectivity index (χ4n) is 3.21. The Labute approximate surface area is 185 Å². The van der Waals surface area contributed by atoms with Crippen LogP contribution in [0, 0.1) is 0 Å². The number of pyridine rings is 1. The molecule has 0 amide bonds. The van der Waals surface area contributed by atoms with E-state index in [1.165, 1.54) is 11.3 Å². The molecular formula is C21H31IN6. The quantitative estimate of drug-likeness (QED) is 0.394. The molecule has 0 aliphatic carbocycles. The first kappa shape index (κ1) is 22.3. The Morgan fingerprint density at radius 3 is 2.54 bits per heavy atom. The Morgan fingerprint density at radius 2 is 1.89 bits per heavy atom. The first-order chi connectivity index (χ1) is 13.2. The van der Waals surface area contributed by atoms with Crippen LogP contribution in [0.3, 0.4) is 0 Å². The summed E-state index contributed by atoms with van der Waals surface area (Å²) in [5, 5.41) is 3.45. The lowest BCUT2D eigenvalue weighted by Crippen LogP contribution is -2.52. The second kappa shape index (κ2) is 11.1. The van der Waals surface area contributed by atoms with E-state index in [0.29, 0.717) is 6.54 Å². The summed E-state index contributed by atoms with van der Waals surface area (Å²) >= 11 is 0. The SMILES string of the molecule is CCNC(=NCc1cccc(N(C)C)c1)N1CCN(c2ccccn2)CC1.I. The second-order valence-electron chi connectivity index (χ2n) is 6.90. The van der Waals surface area contributed by atoms with Crippen molar-refractivity contribution in [3.8, 4) is 0 Å². The van der Waals surface area contributed by atoms with Gasteiger partial charge in [-0.3, -0.25) is 0 Å². The molecule has 3 rings (SSSR count). The van der Waals surface area contributed by atoms with E-state index in [1.807, 2.05) is 18.3 Å². The Kier molecular flexibility index (Phi) is 8.82. The average Bonchev–Trinajstić information content (AvgIpc) is 2.72. The Morgan fingerprint density at radius 1 is 1.11 bits per heavy atom. The number of guanidine groups is 1. The molecule has 0 saturated carbocycles. The minimum Gasteiger partial charge on any atom is -0.378 e. The summed E-state index contributed by atoms with van der Waals surface area (Å²) in [6, 6.07) is 14.6. The molecule has 7 heteroatoms. The summed E-state index contributed by atoms with van der Waals surface area (Å²) in [5.74, 6) is 2.05. The van der Waals surface area contributed by atoms with Crippen molar-refractivity contribution in [2.24, 2.45) is 4.99 Å². The zero-order valence-electron chi connectivity index (χ0n) is 17.0. The van der Waals surface area contributed by atoms with Gasteiger partial charge in [0.05, 0.1) is 6.54 Å². The maximum Gasteiger partial charge on any atom is 0.194 e. The summed E-state index contributed by atoms with van der Waals surface area (Å²) in [6.07, 6.45) is 1.86. The zero-order chi connectivity index (χ0) is 19.1. The van der Waals surface area contributed by atoms with Crippen LogP contribution < -0.4 is 15.1 Å². The number of rotatable bonds is 5. The lowest BCUT2D eigenvalue weighted by Gasteiger charge is -2.37. The summed E-state index contributed by atoms with van der Waals surface area (Å²) in [5.41, 5.74) is 2.43. The van der Waals surface area contributed by atoms with Gasteiger partial charge < -0.3 is 20.0 Å². The van der Waals surface area contributed by atoms with Gasteiger partial charge in [-0.25, -0.2) is 9.98 Å². The molecule has 1 aliphatic rings. The van der Waals surface area contributed by atoms with Gasteiger partial charge in [0.15, 0.2) is 5.96 Å². The van der Waals surface area contributed by atoms with Crippen LogP contribution in [0.15, 0.2) is 53.7 Å². The number of hydrogen-bond acceptors (Lipinski definition) is 4. The van der Waals surface area contributed by atoms with Crippen LogP contribution in [0.25, 0.3) is 0 Å². The molecule has 152 valence electrons. The van der Waals surface area contributed by atoms with Crippen LogP contribution in [-0.4, -0.2) is 62.7 Å². The summed E-state index contributed by atoms with van der Waals surface area (Å²) in [6.45, 7) is 7.48. The first-order valence-corrected chi connectivity index (χ1v) is 9.63. The molecule has 28 heavy (non-hydrogen) atoms. The fourth-order valence-corrected chi connectivity index (χ4v) is 3.21. The monoisotopic (exact) mass is 494 g/mol. The van der Waals surface area contributed by atoms with Gasteiger partial charge in [-0.2, -0.15) is 0 Å². The van der Waals surface area contributed by atoms with Gasteiger partial charge in [0.1, 0.15) is 5.82 Å². The summed E-state index contributed by atoms with van der Waals surface area (Å²) in [4.78, 5) is 16.1. The topological polar surface area (TPSA) is 47.0 Å². The predicted molar refractivity (Wildman–Crippen MR) is 129 cm³/mol. The van der Waals surface area contributed by atoms with Crippen LogP contribution >= 0.6 is 24.0 Å². The molecule has 2 aromatic rings. The fraction of sp³-hybridized carbons (Fsp3) is 0.429. The van der Waals surface area contributed by atoms with Gasteiger partial charge >= 0.3 is 0 Å². The molecule has 1 aromatic carbocycles. The van der Waals surface area contributed by atoms with Gasteiger partial charge in [0.25, 0.3) is 0 Å². The van der Waals surface area contributed by atoms with Crippen molar-refractivity contribution in [1.29, 1.82) is 0 Å². The highest BCUT2D eigenvalue weighted by Crippen LogP contribution is 2.15. The van der Waals surface area contributed by atoms with Crippen molar-refractivity contribution in [3.05, 3.63) is 54.2 Å². The van der Waals surface area contributed by atoms with Crippen LogP contribution in [0.2, 0.25) is 0 Å². The van der Waals surface area contributed by atoms with E-state index in [-0.39, 0.29) is 24.0 Å². The highest BCUT2D eigenvalue weighted by Gasteiger charge is 2.20. The number of aliphatic imine (C=N–C) groups is 1. The number of halogens is 1. The standard InChI is InChI=1S/C21H30N6.HI/c1-4-22-21(24-17-18-8-7-9-19(16-18)25(2)3)27-14-12-26(13-15-27)20-10-5-6-11-23-20;/h5-11,16H,4,12-15,17H2,1-3H3,(H,22,24);1H. The van der Waals surface area contributed by atoms with Gasteiger partial charge in [0.2, 0.25) is 0 Å². The second-order valence-corrected chi connectivity index (χ2v) is 6.90. The highest BCUT2D eigenvalue weighted by atomic mass is 127. The van der Waals surface area contributed by atoms with E-state index >= 15 is 0 Å². The van der Waals surface area contributed by atoms with Gasteiger partial charge in [-0.05, 0) is 36.8 Å². The Balaban J connectivity index is 0.00000280. The molecule has 0 radical (unpaired) electrons. The molecule has 1 saturated heterocycles. The van der Waals surface area contributed by atoms with E-state index in [1.54, 1.807) is 0 Å². The lowest BCUT2D eigenvalue weighted by molar-refractivity contribution is 0.371. The van der Waals surface area contributed by atoms with Gasteiger partial charge in [-0.1, -0.05) is 18.2 Å². The number of anilines is 2. The molecule has 1 aliphatic heterocycles. The van der Waals surface area contributed by atoms with E-state index in [4.69, 9.17) is 4.99 Å². The molecule has 1 aromatic heterocycles. The third-order valence-electron chi connectivity index (χ3n) is 4.73. The van der Waals surface area contributed by atoms with E-state index in [9.17, 15) is 0 Å². The summed E-state index contributed by atoms with van der Waals surface area (Å²) < 4.78 is 0. The minimum atomic E-state index is 0. The van der Waals surface area contributed by atoms with Crippen LogP contribution in [0.5, 0.6) is 0 Å². The predicted octanol–water partition coefficient (Wildman–Crippen LogP) is 3.05. The maximum absolute atomic E-state index is 4.88. The highest BCUT2D eigenvalue weighted by molar-refractivity contribution is 14.0. The molecule has 1 N–H and O–H groups in total. The number of piperazine rings is 1. The molecular weight excluding hydrogens is 463 g/mol. The normalized spacial score (nSPS) is 14.5. The van der Waals surface area contributed by atoms with Crippen LogP contribution in [-0.2, 0) is 6.54 Å². The summed E-state index contributed by atoms with van der Waals surface area (Å²) in [7, 11) is 4.13. The molecule has 1 fully saturated rings. The van der Waals surface area contributed by atoms with Crippen molar-refractivity contribution < 1.29 is 0 Å². The van der Waals surface area contributed by atoms with E-state index in [2.05, 4.69) is 76.4 Å². The smallest absolute Gasteiger partial charge is 0.194 e. The number of hydrogen-bond donors (Lipinski definition) is 1. The zero-order valence-corrected chi connectivity index (χ0v) is 19.3. The van der Waals surface area contributed by atoms with Gasteiger partial charge in [0, 0.05) is 58.7 Å². The van der Waals surface area contributed by atoms with E-state index in [0.717, 1.165) is 44.5 Å². The molecule has 6 nitrogen and oxygen atoms in total. The number of nitrogens with zero attached hydrogens (tertiary/aromatic N) is 5. The largest absolute Gasteiger partial charge is 0.378 e. The van der Waals surface area contributed by atoms with Crippen molar-refractivity contribution >= 4 is 41.4 Å². The average molecular weight is 494 g/mol. The maximum atomic E-state index is 4.88. The number of benzene rings is 1. The van der Waals surface area contributed by atoms with E-state index < -0.39 is 0 Å². The van der Waals surface area contributed by atoms with Crippen molar-refractivity contribution in [1.82, 2.24) is 15.2 Å². The molecule has 0 bridgehead atoms. The van der Waals surface area contributed by atoms with Crippen molar-refractivity contribution in [2.75, 3.05) is 56.6 Å². The van der Waals surface area contributed by atoms with Crippen molar-refractivity contribution in [2.45, 2.75) is 13.5 Å². The van der Waals surface area contributed by atoms with Gasteiger partial charge in [-0.15, -0.1) is 24.0 Å². The minimum absolute atomic E-state index is 0. The molecule has 0 unspecified atom stereocenters. The Bertz CT molecular complexity index is 742. The Hall–Kier alpha value is -2.03. The third-order valence-corrected chi connectivity index (χ3v) is 4.73. The number of aromatic nitrogens is 1. The lowest BCUT2D eigenvalue weighted by atomic mass is 10.2. The van der Waals surface area contributed by atoms with Crippen molar-refractivity contribution in [3.63, 3.8) is 0 Å².